The number of likely N-dealkylation sites (N-methyl/N-ethyl adjacent to an activating group) is 1. The van der Waals surface area contributed by atoms with Crippen LogP contribution < -0.4 is 4.74 Å². The molecule has 0 spiro atoms. The van der Waals surface area contributed by atoms with Crippen molar-refractivity contribution in [3.8, 4) is 5.75 Å². The summed E-state index contributed by atoms with van der Waals surface area (Å²) in [6.45, 7) is 5.38. The van der Waals surface area contributed by atoms with Gasteiger partial charge < -0.3 is 9.64 Å². The number of aryl methyl sites for hydroxylation is 1. The van der Waals surface area contributed by atoms with Crippen molar-refractivity contribution in [3.05, 3.63) is 65.2 Å². The van der Waals surface area contributed by atoms with Crippen molar-refractivity contribution < 1.29 is 9.53 Å². The van der Waals surface area contributed by atoms with E-state index in [1.165, 1.54) is 5.56 Å². The lowest BCUT2D eigenvalue weighted by Gasteiger charge is -2.16. The van der Waals surface area contributed by atoms with Crippen LogP contribution >= 0.6 is 0 Å². The first-order valence-electron chi connectivity index (χ1n) is 8.95. The fourth-order valence-corrected chi connectivity index (χ4v) is 2.79. The topological polar surface area (TPSA) is 29.5 Å². The average molecular weight is 339 g/mol. The predicted molar refractivity (Wildman–Crippen MR) is 103 cm³/mol. The molecule has 0 saturated heterocycles. The molecule has 0 aromatic heterocycles. The van der Waals surface area contributed by atoms with Crippen molar-refractivity contribution in [1.82, 2.24) is 4.90 Å². The van der Waals surface area contributed by atoms with E-state index in [0.29, 0.717) is 6.61 Å². The number of ketones is 1. The van der Waals surface area contributed by atoms with Crippen LogP contribution in [0.3, 0.4) is 0 Å². The fourth-order valence-electron chi connectivity index (χ4n) is 2.79. The third kappa shape index (κ3) is 6.02. The molecule has 2 aromatic rings. The first-order chi connectivity index (χ1) is 12.0. The molecule has 0 amide bonds. The molecule has 0 aliphatic heterocycles. The Morgan fingerprint density at radius 3 is 2.12 bits per heavy atom. The van der Waals surface area contributed by atoms with Gasteiger partial charge in [-0.2, -0.15) is 0 Å². The molecule has 0 radical (unpaired) electrons. The van der Waals surface area contributed by atoms with Gasteiger partial charge in [0.25, 0.3) is 0 Å². The van der Waals surface area contributed by atoms with Crippen LogP contribution in [-0.2, 0) is 17.6 Å². The summed E-state index contributed by atoms with van der Waals surface area (Å²) in [6, 6.07) is 16.5. The van der Waals surface area contributed by atoms with E-state index in [2.05, 4.69) is 48.2 Å². The SMILES string of the molecule is CCc1ccc(C(Cc2ccc(OCCN(C)C)cc2)C(C)=O)cc1. The Morgan fingerprint density at radius 2 is 1.60 bits per heavy atom. The van der Waals surface area contributed by atoms with E-state index in [-0.39, 0.29) is 11.7 Å². The molecule has 3 heteroatoms. The quantitative estimate of drug-likeness (QED) is 0.689. The molecule has 0 bridgehead atoms. The van der Waals surface area contributed by atoms with Crippen molar-refractivity contribution in [2.24, 2.45) is 0 Å². The number of rotatable bonds is 9. The molecule has 0 fully saturated rings. The van der Waals surface area contributed by atoms with E-state index in [1.54, 1.807) is 6.92 Å². The zero-order chi connectivity index (χ0) is 18.2. The molecule has 0 aliphatic rings. The summed E-state index contributed by atoms with van der Waals surface area (Å²) < 4.78 is 5.73. The summed E-state index contributed by atoms with van der Waals surface area (Å²) in [5.74, 6) is 0.985. The van der Waals surface area contributed by atoms with E-state index in [0.717, 1.165) is 36.3 Å². The third-order valence-electron chi connectivity index (χ3n) is 4.45. The van der Waals surface area contributed by atoms with E-state index < -0.39 is 0 Å². The van der Waals surface area contributed by atoms with Gasteiger partial charge in [-0.3, -0.25) is 4.79 Å². The maximum absolute atomic E-state index is 12.1. The minimum Gasteiger partial charge on any atom is -0.492 e. The van der Waals surface area contributed by atoms with Crippen LogP contribution in [0.4, 0.5) is 0 Å². The normalized spacial score (nSPS) is 12.2. The van der Waals surface area contributed by atoms with Gasteiger partial charge in [0.1, 0.15) is 18.1 Å². The lowest BCUT2D eigenvalue weighted by molar-refractivity contribution is -0.118. The highest BCUT2D eigenvalue weighted by Crippen LogP contribution is 2.24. The van der Waals surface area contributed by atoms with Crippen molar-refractivity contribution in [1.29, 1.82) is 0 Å². The predicted octanol–water partition coefficient (Wildman–Crippen LogP) is 4.10. The summed E-state index contributed by atoms with van der Waals surface area (Å²) in [5.41, 5.74) is 3.54. The van der Waals surface area contributed by atoms with E-state index in [4.69, 9.17) is 4.74 Å². The molecule has 0 N–H and O–H groups in total. The van der Waals surface area contributed by atoms with Crippen LogP contribution in [0.15, 0.2) is 48.5 Å². The Hall–Kier alpha value is -2.13. The zero-order valence-corrected chi connectivity index (χ0v) is 15.8. The minimum absolute atomic E-state index is 0.0913. The molecule has 1 atom stereocenters. The molecule has 134 valence electrons. The molecule has 3 nitrogen and oxygen atoms in total. The molecular weight excluding hydrogens is 310 g/mol. The van der Waals surface area contributed by atoms with Crippen molar-refractivity contribution in [2.75, 3.05) is 27.2 Å². The van der Waals surface area contributed by atoms with Crippen LogP contribution in [-0.4, -0.2) is 37.9 Å². The largest absolute Gasteiger partial charge is 0.492 e. The van der Waals surface area contributed by atoms with E-state index >= 15 is 0 Å². The maximum Gasteiger partial charge on any atom is 0.137 e. The van der Waals surface area contributed by atoms with Gasteiger partial charge in [-0.25, -0.2) is 0 Å². The van der Waals surface area contributed by atoms with Gasteiger partial charge in [-0.05, 0) is 62.7 Å². The summed E-state index contributed by atoms with van der Waals surface area (Å²) in [4.78, 5) is 14.2. The Morgan fingerprint density at radius 1 is 1.00 bits per heavy atom. The lowest BCUT2D eigenvalue weighted by Crippen LogP contribution is -2.19. The second-order valence-electron chi connectivity index (χ2n) is 6.76. The second-order valence-corrected chi connectivity index (χ2v) is 6.76. The number of Topliss-reactive ketones (excluding diaryl/α,β-unsaturated/α-hetero) is 1. The second kappa shape index (κ2) is 9.38. The summed E-state index contributed by atoms with van der Waals surface area (Å²) >= 11 is 0. The highest BCUT2D eigenvalue weighted by Gasteiger charge is 2.17. The Bertz CT molecular complexity index is 659. The summed E-state index contributed by atoms with van der Waals surface area (Å²) in [7, 11) is 4.06. The van der Waals surface area contributed by atoms with Gasteiger partial charge in [0, 0.05) is 12.5 Å². The van der Waals surface area contributed by atoms with Crippen molar-refractivity contribution in [2.45, 2.75) is 32.6 Å². The van der Waals surface area contributed by atoms with Crippen LogP contribution in [0.1, 0.15) is 36.5 Å². The first kappa shape index (κ1) is 19.2. The van der Waals surface area contributed by atoms with Crippen LogP contribution in [0.25, 0.3) is 0 Å². The number of ether oxygens (including phenoxy) is 1. The Kier molecular flexibility index (Phi) is 7.20. The van der Waals surface area contributed by atoms with Crippen LogP contribution in [0, 0.1) is 0 Å². The van der Waals surface area contributed by atoms with Gasteiger partial charge in [0.2, 0.25) is 0 Å². The molecule has 2 rings (SSSR count). The monoisotopic (exact) mass is 339 g/mol. The lowest BCUT2D eigenvalue weighted by atomic mass is 9.88. The van der Waals surface area contributed by atoms with Gasteiger partial charge in [0.15, 0.2) is 0 Å². The Labute approximate surface area is 151 Å². The molecule has 25 heavy (non-hydrogen) atoms. The van der Waals surface area contributed by atoms with Gasteiger partial charge >= 0.3 is 0 Å². The molecule has 1 unspecified atom stereocenters. The van der Waals surface area contributed by atoms with E-state index in [1.807, 2.05) is 26.2 Å². The van der Waals surface area contributed by atoms with Gasteiger partial charge in [-0.1, -0.05) is 43.3 Å². The zero-order valence-electron chi connectivity index (χ0n) is 15.8. The highest BCUT2D eigenvalue weighted by molar-refractivity contribution is 5.83. The maximum atomic E-state index is 12.1. The number of hydrogen-bond acceptors (Lipinski definition) is 3. The Balaban J connectivity index is 2.02. The van der Waals surface area contributed by atoms with E-state index in [9.17, 15) is 4.79 Å². The molecule has 0 heterocycles. The number of nitrogens with zero attached hydrogens (tertiary/aromatic N) is 1. The standard InChI is InChI=1S/C22H29NO2/c1-5-18-6-10-20(11-7-18)22(17(2)24)16-19-8-12-21(13-9-19)25-15-14-23(3)4/h6-13,22H,5,14-16H2,1-4H3. The number of carbonyl (C=O) groups excluding carboxylic acids is 1. The first-order valence-corrected chi connectivity index (χ1v) is 8.95. The number of hydrogen-bond donors (Lipinski definition) is 0. The molecular formula is C22H29NO2. The minimum atomic E-state index is -0.0913. The fraction of sp³-hybridized carbons (Fsp3) is 0.409. The third-order valence-corrected chi connectivity index (χ3v) is 4.45. The number of carbonyl (C=O) groups is 1. The molecule has 0 aliphatic carbocycles. The summed E-state index contributed by atoms with van der Waals surface area (Å²) in [5, 5.41) is 0. The van der Waals surface area contributed by atoms with Crippen LogP contribution in [0.5, 0.6) is 5.75 Å². The number of benzene rings is 2. The average Bonchev–Trinajstić information content (AvgIpc) is 2.60. The smallest absolute Gasteiger partial charge is 0.137 e. The van der Waals surface area contributed by atoms with Crippen molar-refractivity contribution in [3.63, 3.8) is 0 Å². The summed E-state index contributed by atoms with van der Waals surface area (Å²) in [6.07, 6.45) is 1.74. The van der Waals surface area contributed by atoms with Gasteiger partial charge in [0.05, 0.1) is 0 Å². The highest BCUT2D eigenvalue weighted by atomic mass is 16.5. The van der Waals surface area contributed by atoms with Crippen LogP contribution in [0.2, 0.25) is 0 Å². The molecule has 0 saturated carbocycles. The van der Waals surface area contributed by atoms with Crippen molar-refractivity contribution >= 4 is 5.78 Å². The molecule has 2 aromatic carbocycles. The van der Waals surface area contributed by atoms with Gasteiger partial charge in [-0.15, -0.1) is 0 Å².